The molecule has 0 radical (unpaired) electrons. The number of oxazole rings is 1. The van der Waals surface area contributed by atoms with E-state index in [1.165, 1.54) is 25.0 Å². The molecule has 0 saturated carbocycles. The maximum Gasteiger partial charge on any atom is 0.303 e. The predicted molar refractivity (Wildman–Crippen MR) is 60.1 cm³/mol. The number of carbonyl (C=O) groups excluding carboxylic acids is 2. The number of hydrogen-bond donors (Lipinski definition) is 1. The summed E-state index contributed by atoms with van der Waals surface area (Å²) in [6, 6.07) is 0.343. The van der Waals surface area contributed by atoms with Crippen molar-refractivity contribution in [3.8, 4) is 0 Å². The lowest BCUT2D eigenvalue weighted by molar-refractivity contribution is -0.118. The smallest absolute Gasteiger partial charge is 0.303 e. The van der Waals surface area contributed by atoms with Crippen molar-refractivity contribution in [2.45, 2.75) is 20.8 Å². The van der Waals surface area contributed by atoms with E-state index in [1.54, 1.807) is 21.0 Å². The molecular weight excluding hydrogens is 210 g/mol. The second-order valence-electron chi connectivity index (χ2n) is 3.16. The Morgan fingerprint density at radius 3 is 2.19 bits per heavy atom. The number of carbonyl (C=O) groups is 2. The van der Waals surface area contributed by atoms with Gasteiger partial charge < -0.3 is 9.73 Å². The van der Waals surface area contributed by atoms with Crippen molar-refractivity contribution >= 4 is 17.8 Å². The third-order valence-electron chi connectivity index (χ3n) is 1.72. The first-order chi connectivity index (χ1) is 7.38. The zero-order valence-electron chi connectivity index (χ0n) is 10.2. The van der Waals surface area contributed by atoms with E-state index in [1.807, 2.05) is 0 Å². The van der Waals surface area contributed by atoms with Gasteiger partial charge in [-0.05, 0) is 6.92 Å². The van der Waals surface area contributed by atoms with Gasteiger partial charge in [-0.1, -0.05) is 0 Å². The van der Waals surface area contributed by atoms with Gasteiger partial charge in [0.2, 0.25) is 11.8 Å². The van der Waals surface area contributed by atoms with E-state index >= 15 is 0 Å². The fourth-order valence-corrected chi connectivity index (χ4v) is 0.630. The molecule has 2 amide bonds. The summed E-state index contributed by atoms with van der Waals surface area (Å²) in [4.78, 5) is 25.8. The molecule has 0 fully saturated rings. The van der Waals surface area contributed by atoms with E-state index in [9.17, 15) is 9.59 Å². The van der Waals surface area contributed by atoms with Crippen molar-refractivity contribution in [1.82, 2.24) is 10.3 Å². The summed E-state index contributed by atoms with van der Waals surface area (Å²) >= 11 is 0. The Kier molecular flexibility index (Phi) is 5.84. The number of hydrogen-bond acceptors (Lipinski definition) is 4. The van der Waals surface area contributed by atoms with Crippen molar-refractivity contribution in [2.24, 2.45) is 0 Å². The van der Waals surface area contributed by atoms with Gasteiger partial charge in [0.1, 0.15) is 6.26 Å². The molecule has 1 aromatic heterocycles. The SMILES string of the molecule is CC(=O)N(C)c1nc(C)co1.CNC(C)=O. The number of nitrogens with one attached hydrogen (secondary N) is 1. The summed E-state index contributed by atoms with van der Waals surface area (Å²) in [5.41, 5.74) is 0.771. The third-order valence-corrected chi connectivity index (χ3v) is 1.72. The summed E-state index contributed by atoms with van der Waals surface area (Å²) in [7, 11) is 3.22. The van der Waals surface area contributed by atoms with E-state index in [0.29, 0.717) is 6.01 Å². The molecule has 1 rings (SSSR count). The van der Waals surface area contributed by atoms with Crippen LogP contribution >= 0.6 is 0 Å². The van der Waals surface area contributed by atoms with Gasteiger partial charge in [0.15, 0.2) is 0 Å². The first kappa shape index (κ1) is 14.2. The first-order valence-electron chi connectivity index (χ1n) is 4.73. The highest BCUT2D eigenvalue weighted by atomic mass is 16.4. The summed E-state index contributed by atoms with van der Waals surface area (Å²) in [6.45, 7) is 4.74. The zero-order chi connectivity index (χ0) is 12.7. The summed E-state index contributed by atoms with van der Waals surface area (Å²) in [5.74, 6) is -0.0862. The normalized spacial score (nSPS) is 8.81. The molecule has 0 atom stereocenters. The minimum absolute atomic E-state index is 0.00463. The lowest BCUT2D eigenvalue weighted by atomic mass is 10.6. The molecule has 6 heteroatoms. The number of aromatic nitrogens is 1. The molecule has 0 aliphatic rings. The van der Waals surface area contributed by atoms with Crippen LogP contribution in [-0.2, 0) is 9.59 Å². The summed E-state index contributed by atoms with van der Waals surface area (Å²) in [6.07, 6.45) is 1.51. The van der Waals surface area contributed by atoms with Crippen LogP contribution in [0.3, 0.4) is 0 Å². The molecule has 0 unspecified atom stereocenters. The lowest BCUT2D eigenvalue weighted by Crippen LogP contribution is -2.22. The molecule has 0 aromatic carbocycles. The van der Waals surface area contributed by atoms with Gasteiger partial charge in [0.25, 0.3) is 0 Å². The zero-order valence-corrected chi connectivity index (χ0v) is 10.2. The second kappa shape index (κ2) is 6.60. The molecule has 1 heterocycles. The lowest BCUT2D eigenvalue weighted by Gasteiger charge is -2.07. The Balaban J connectivity index is 0.000000385. The standard InChI is InChI=1S/C7H10N2O2.C3H7NO/c1-5-4-11-7(8-5)9(3)6(2)10;1-3(5)4-2/h4H,1-3H3;1-2H3,(H,4,5). The minimum Gasteiger partial charge on any atom is -0.431 e. The third kappa shape index (κ3) is 5.14. The van der Waals surface area contributed by atoms with E-state index in [0.717, 1.165) is 5.69 Å². The van der Waals surface area contributed by atoms with Gasteiger partial charge in [-0.15, -0.1) is 0 Å². The number of nitrogens with zero attached hydrogens (tertiary/aromatic N) is 2. The Bertz CT molecular complexity index is 360. The average molecular weight is 227 g/mol. The Labute approximate surface area is 94.6 Å². The second-order valence-corrected chi connectivity index (χ2v) is 3.16. The van der Waals surface area contributed by atoms with E-state index < -0.39 is 0 Å². The van der Waals surface area contributed by atoms with Crippen LogP contribution in [0.15, 0.2) is 10.7 Å². The monoisotopic (exact) mass is 227 g/mol. The van der Waals surface area contributed by atoms with Gasteiger partial charge in [-0.3, -0.25) is 14.5 Å². The quantitative estimate of drug-likeness (QED) is 0.767. The highest BCUT2D eigenvalue weighted by Gasteiger charge is 2.09. The Morgan fingerprint density at radius 2 is 1.94 bits per heavy atom. The maximum atomic E-state index is 10.8. The number of rotatable bonds is 1. The molecule has 0 bridgehead atoms. The Morgan fingerprint density at radius 1 is 1.44 bits per heavy atom. The number of aryl methyl sites for hydroxylation is 1. The van der Waals surface area contributed by atoms with Gasteiger partial charge >= 0.3 is 6.01 Å². The number of amides is 2. The molecular formula is C10H17N3O3. The van der Waals surface area contributed by atoms with Crippen LogP contribution in [0.25, 0.3) is 0 Å². The fraction of sp³-hybridized carbons (Fsp3) is 0.500. The maximum absolute atomic E-state index is 10.8. The van der Waals surface area contributed by atoms with Crippen LogP contribution in [-0.4, -0.2) is 30.9 Å². The first-order valence-corrected chi connectivity index (χ1v) is 4.73. The minimum atomic E-state index is -0.0909. The average Bonchev–Trinajstić information content (AvgIpc) is 2.64. The van der Waals surface area contributed by atoms with Crippen LogP contribution < -0.4 is 10.2 Å². The van der Waals surface area contributed by atoms with Crippen molar-refractivity contribution in [3.63, 3.8) is 0 Å². The van der Waals surface area contributed by atoms with Crippen LogP contribution in [0, 0.1) is 6.92 Å². The van der Waals surface area contributed by atoms with Crippen molar-refractivity contribution in [1.29, 1.82) is 0 Å². The van der Waals surface area contributed by atoms with Gasteiger partial charge in [0, 0.05) is 27.9 Å². The summed E-state index contributed by atoms with van der Waals surface area (Å²) < 4.78 is 4.98. The molecule has 90 valence electrons. The fourth-order valence-electron chi connectivity index (χ4n) is 0.630. The molecule has 1 aromatic rings. The molecule has 0 saturated heterocycles. The molecule has 1 N–H and O–H groups in total. The van der Waals surface area contributed by atoms with Crippen LogP contribution in [0.4, 0.5) is 6.01 Å². The van der Waals surface area contributed by atoms with Crippen LogP contribution in [0.1, 0.15) is 19.5 Å². The van der Waals surface area contributed by atoms with Gasteiger partial charge in [-0.25, -0.2) is 0 Å². The van der Waals surface area contributed by atoms with Crippen LogP contribution in [0.2, 0.25) is 0 Å². The van der Waals surface area contributed by atoms with Crippen molar-refractivity contribution < 1.29 is 14.0 Å². The molecule has 0 spiro atoms. The van der Waals surface area contributed by atoms with Crippen molar-refractivity contribution in [3.05, 3.63) is 12.0 Å². The molecule has 6 nitrogen and oxygen atoms in total. The number of anilines is 1. The van der Waals surface area contributed by atoms with Crippen LogP contribution in [0.5, 0.6) is 0 Å². The van der Waals surface area contributed by atoms with E-state index in [2.05, 4.69) is 10.3 Å². The van der Waals surface area contributed by atoms with Crippen molar-refractivity contribution in [2.75, 3.05) is 19.0 Å². The molecule has 0 aliphatic heterocycles. The Hall–Kier alpha value is -1.85. The summed E-state index contributed by atoms with van der Waals surface area (Å²) in [5, 5.41) is 2.39. The highest BCUT2D eigenvalue weighted by molar-refractivity contribution is 5.88. The topological polar surface area (TPSA) is 75.4 Å². The molecule has 0 aliphatic carbocycles. The van der Waals surface area contributed by atoms with Gasteiger partial charge in [0.05, 0.1) is 5.69 Å². The van der Waals surface area contributed by atoms with E-state index in [-0.39, 0.29) is 11.8 Å². The largest absolute Gasteiger partial charge is 0.431 e. The van der Waals surface area contributed by atoms with E-state index in [4.69, 9.17) is 4.42 Å². The predicted octanol–water partition coefficient (Wildman–Crippen LogP) is 0.718. The molecule has 16 heavy (non-hydrogen) atoms. The van der Waals surface area contributed by atoms with Gasteiger partial charge in [-0.2, -0.15) is 4.98 Å². The highest BCUT2D eigenvalue weighted by Crippen LogP contribution is 2.10.